The highest BCUT2D eigenvalue weighted by Crippen LogP contribution is 2.26. The summed E-state index contributed by atoms with van der Waals surface area (Å²) in [7, 11) is 1.65. The third-order valence-electron chi connectivity index (χ3n) is 5.38. The second kappa shape index (κ2) is 10.4. The summed E-state index contributed by atoms with van der Waals surface area (Å²) in [5, 5.41) is 0. The van der Waals surface area contributed by atoms with Gasteiger partial charge in [0, 0.05) is 31.9 Å². The second-order valence-electron chi connectivity index (χ2n) is 7.50. The van der Waals surface area contributed by atoms with E-state index in [4.69, 9.17) is 4.74 Å². The molecule has 0 N–H and O–H groups in total. The quantitative estimate of drug-likeness (QED) is 0.676. The number of hydrogen-bond donors (Lipinski definition) is 0. The second-order valence-corrected chi connectivity index (χ2v) is 7.50. The topological polar surface area (TPSA) is 38.3 Å². The molecule has 3 rings (SSSR count). The lowest BCUT2D eigenvalue weighted by Gasteiger charge is -2.24. The normalized spacial score (nSPS) is 21.2. The number of ether oxygens (including phenoxy) is 1. The van der Waals surface area contributed by atoms with E-state index in [2.05, 4.69) is 20.9 Å². The number of hydrogen-bond acceptors (Lipinski definition) is 4. The number of allylic oxidation sites excluding steroid dienone is 6. The molecule has 0 radical (unpaired) electrons. The fourth-order valence-electron chi connectivity index (χ4n) is 4.02. The summed E-state index contributed by atoms with van der Waals surface area (Å²) in [5.41, 5.74) is 2.12. The van der Waals surface area contributed by atoms with Crippen molar-refractivity contribution in [3.8, 4) is 5.88 Å². The number of methoxy groups -OCH3 is 1. The highest BCUT2D eigenvalue weighted by Gasteiger charge is 2.20. The van der Waals surface area contributed by atoms with Crippen LogP contribution in [-0.4, -0.2) is 35.1 Å². The average Bonchev–Trinajstić information content (AvgIpc) is 3.02. The first-order valence-electron chi connectivity index (χ1n) is 10.0. The molecule has 4 nitrogen and oxygen atoms in total. The van der Waals surface area contributed by atoms with Gasteiger partial charge in [-0.25, -0.2) is 9.37 Å². The van der Waals surface area contributed by atoms with Gasteiger partial charge in [-0.3, -0.25) is 9.88 Å². The summed E-state index contributed by atoms with van der Waals surface area (Å²) in [6.07, 6.45) is 18.3. The number of likely N-dealkylation sites (tertiary alicyclic amines) is 1. The van der Waals surface area contributed by atoms with E-state index in [1.807, 2.05) is 6.08 Å². The Morgan fingerprint density at radius 3 is 2.93 bits per heavy atom. The van der Waals surface area contributed by atoms with Crippen molar-refractivity contribution in [1.82, 2.24) is 14.9 Å². The lowest BCUT2D eigenvalue weighted by molar-refractivity contribution is 0.226. The Morgan fingerprint density at radius 1 is 1.19 bits per heavy atom. The molecule has 27 heavy (non-hydrogen) atoms. The smallest absolute Gasteiger partial charge is 0.236 e. The molecule has 1 fully saturated rings. The molecule has 2 heterocycles. The van der Waals surface area contributed by atoms with Crippen molar-refractivity contribution < 1.29 is 9.13 Å². The zero-order valence-electron chi connectivity index (χ0n) is 16.2. The maximum atomic E-state index is 13.6. The number of halogens is 1. The van der Waals surface area contributed by atoms with Crippen LogP contribution in [0.1, 0.15) is 50.6 Å². The molecule has 1 aromatic heterocycles. The van der Waals surface area contributed by atoms with Crippen LogP contribution in [0.2, 0.25) is 0 Å². The Labute approximate surface area is 161 Å². The molecule has 1 atom stereocenters. The SMILES string of the molecule is COc1nccnc1CN1CCCCC(CCCC2=CC=CC=C(F)C2)C1. The van der Waals surface area contributed by atoms with Gasteiger partial charge in [-0.1, -0.05) is 30.2 Å². The molecule has 5 heteroatoms. The van der Waals surface area contributed by atoms with E-state index in [9.17, 15) is 4.39 Å². The fraction of sp³-hybridized carbons (Fsp3) is 0.545. The van der Waals surface area contributed by atoms with E-state index < -0.39 is 0 Å². The van der Waals surface area contributed by atoms with Crippen LogP contribution in [0.15, 0.2) is 48.1 Å². The Balaban J connectivity index is 1.50. The zero-order chi connectivity index (χ0) is 18.9. The molecule has 1 aromatic rings. The van der Waals surface area contributed by atoms with Crippen molar-refractivity contribution in [2.45, 2.75) is 51.5 Å². The van der Waals surface area contributed by atoms with Gasteiger partial charge in [-0.2, -0.15) is 0 Å². The van der Waals surface area contributed by atoms with Crippen LogP contribution >= 0.6 is 0 Å². The molecular weight excluding hydrogens is 341 g/mol. The van der Waals surface area contributed by atoms with Crippen molar-refractivity contribution in [2.24, 2.45) is 5.92 Å². The van der Waals surface area contributed by atoms with Gasteiger partial charge < -0.3 is 4.74 Å². The molecule has 1 saturated heterocycles. The van der Waals surface area contributed by atoms with Gasteiger partial charge >= 0.3 is 0 Å². The number of aromatic nitrogens is 2. The first kappa shape index (κ1) is 19.7. The molecule has 146 valence electrons. The summed E-state index contributed by atoms with van der Waals surface area (Å²) in [6, 6.07) is 0. The Bertz CT molecular complexity index is 699. The first-order valence-corrected chi connectivity index (χ1v) is 10.0. The molecule has 0 aromatic carbocycles. The van der Waals surface area contributed by atoms with Crippen LogP contribution in [0.5, 0.6) is 5.88 Å². The summed E-state index contributed by atoms with van der Waals surface area (Å²) in [6.45, 7) is 2.98. The van der Waals surface area contributed by atoms with Crippen molar-refractivity contribution >= 4 is 0 Å². The minimum Gasteiger partial charge on any atom is -0.480 e. The highest BCUT2D eigenvalue weighted by atomic mass is 19.1. The van der Waals surface area contributed by atoms with Gasteiger partial charge in [0.05, 0.1) is 7.11 Å². The lowest BCUT2D eigenvalue weighted by atomic mass is 9.94. The summed E-state index contributed by atoms with van der Waals surface area (Å²) >= 11 is 0. The Morgan fingerprint density at radius 2 is 2.04 bits per heavy atom. The van der Waals surface area contributed by atoms with E-state index in [0.717, 1.165) is 38.2 Å². The molecule has 0 saturated carbocycles. The molecular formula is C22H30FN3O. The van der Waals surface area contributed by atoms with Crippen LogP contribution in [0.4, 0.5) is 4.39 Å². The third kappa shape index (κ3) is 6.28. The van der Waals surface area contributed by atoms with Gasteiger partial charge in [0.1, 0.15) is 11.5 Å². The Hall–Kier alpha value is -2.01. The van der Waals surface area contributed by atoms with Crippen molar-refractivity contribution in [2.75, 3.05) is 20.2 Å². The largest absolute Gasteiger partial charge is 0.480 e. The van der Waals surface area contributed by atoms with E-state index in [-0.39, 0.29) is 5.83 Å². The van der Waals surface area contributed by atoms with Crippen LogP contribution in [0.3, 0.4) is 0 Å². The van der Waals surface area contributed by atoms with E-state index in [1.165, 1.54) is 31.3 Å². The summed E-state index contributed by atoms with van der Waals surface area (Å²) in [5.74, 6) is 1.28. The average molecular weight is 372 g/mol. The molecule has 0 spiro atoms. The highest BCUT2D eigenvalue weighted by molar-refractivity contribution is 5.25. The van der Waals surface area contributed by atoms with Gasteiger partial charge in [0.2, 0.25) is 5.88 Å². The third-order valence-corrected chi connectivity index (χ3v) is 5.38. The van der Waals surface area contributed by atoms with Crippen LogP contribution < -0.4 is 4.74 Å². The van der Waals surface area contributed by atoms with Crippen LogP contribution in [0.25, 0.3) is 0 Å². The molecule has 1 aliphatic carbocycles. The minimum atomic E-state index is -0.0337. The van der Waals surface area contributed by atoms with Gasteiger partial charge in [0.25, 0.3) is 0 Å². The summed E-state index contributed by atoms with van der Waals surface area (Å²) in [4.78, 5) is 11.2. The van der Waals surface area contributed by atoms with Gasteiger partial charge in [-0.05, 0) is 50.6 Å². The first-order chi connectivity index (χ1) is 13.2. The Kier molecular flexibility index (Phi) is 7.57. The van der Waals surface area contributed by atoms with Crippen molar-refractivity contribution in [3.05, 3.63) is 53.8 Å². The van der Waals surface area contributed by atoms with Crippen LogP contribution in [0, 0.1) is 5.92 Å². The fourth-order valence-corrected chi connectivity index (χ4v) is 4.02. The maximum Gasteiger partial charge on any atom is 0.236 e. The van der Waals surface area contributed by atoms with E-state index >= 15 is 0 Å². The van der Waals surface area contributed by atoms with Crippen LogP contribution in [-0.2, 0) is 6.54 Å². The molecule has 2 aliphatic rings. The molecule has 0 bridgehead atoms. The predicted molar refractivity (Wildman–Crippen MR) is 106 cm³/mol. The molecule has 1 aliphatic heterocycles. The van der Waals surface area contributed by atoms with E-state index in [0.29, 0.717) is 18.2 Å². The van der Waals surface area contributed by atoms with Crippen molar-refractivity contribution in [1.29, 1.82) is 0 Å². The van der Waals surface area contributed by atoms with Gasteiger partial charge in [-0.15, -0.1) is 0 Å². The number of rotatable bonds is 7. The van der Waals surface area contributed by atoms with Crippen molar-refractivity contribution in [3.63, 3.8) is 0 Å². The minimum absolute atomic E-state index is 0.0337. The zero-order valence-corrected chi connectivity index (χ0v) is 16.2. The lowest BCUT2D eigenvalue weighted by Crippen LogP contribution is -2.28. The van der Waals surface area contributed by atoms with Gasteiger partial charge in [0.15, 0.2) is 0 Å². The molecule has 1 unspecified atom stereocenters. The predicted octanol–water partition coefficient (Wildman–Crippen LogP) is 5.00. The standard InChI is InChI=1S/C22H30FN3O/c1-27-22-21(24-12-13-25-22)17-26-14-5-4-8-19(16-26)10-6-9-18-7-2-3-11-20(23)15-18/h2-3,7,11-13,19H,4-6,8-10,14-17H2,1H3. The maximum absolute atomic E-state index is 13.6. The summed E-state index contributed by atoms with van der Waals surface area (Å²) < 4.78 is 18.9. The molecule has 0 amide bonds. The van der Waals surface area contributed by atoms with E-state index in [1.54, 1.807) is 31.7 Å². The number of nitrogens with zero attached hydrogens (tertiary/aromatic N) is 3. The monoisotopic (exact) mass is 371 g/mol.